The van der Waals surface area contributed by atoms with Gasteiger partial charge in [0, 0.05) is 16.1 Å². The lowest BCUT2D eigenvalue weighted by molar-refractivity contribution is 0.103. The Kier molecular flexibility index (Phi) is 3.77. The van der Waals surface area contributed by atoms with Gasteiger partial charge in [-0.1, -0.05) is 15.9 Å². The number of hydrogen-bond acceptors (Lipinski definition) is 2. The molecule has 0 spiro atoms. The molecule has 0 aromatic heterocycles. The SMILES string of the molecule is COc1cc(F)ccc1C(=O)c1ccc(Br)cc1. The molecule has 0 saturated carbocycles. The van der Waals surface area contributed by atoms with Crippen molar-refractivity contribution in [3.63, 3.8) is 0 Å². The number of halogens is 2. The Morgan fingerprint density at radius 2 is 1.83 bits per heavy atom. The van der Waals surface area contributed by atoms with E-state index in [1.54, 1.807) is 24.3 Å². The summed E-state index contributed by atoms with van der Waals surface area (Å²) in [6.45, 7) is 0. The summed E-state index contributed by atoms with van der Waals surface area (Å²) < 4.78 is 19.0. The number of ketones is 1. The number of hydrogen-bond donors (Lipinski definition) is 0. The molecule has 4 heteroatoms. The van der Waals surface area contributed by atoms with Crippen LogP contribution in [-0.4, -0.2) is 12.9 Å². The Hall–Kier alpha value is -1.68. The monoisotopic (exact) mass is 308 g/mol. The number of rotatable bonds is 3. The summed E-state index contributed by atoms with van der Waals surface area (Å²) in [6, 6.07) is 10.8. The van der Waals surface area contributed by atoms with Gasteiger partial charge in [0.25, 0.3) is 0 Å². The molecule has 0 bridgehead atoms. The molecule has 0 heterocycles. The fourth-order valence-electron chi connectivity index (χ4n) is 1.61. The van der Waals surface area contributed by atoms with Gasteiger partial charge in [0.1, 0.15) is 11.6 Å². The minimum absolute atomic E-state index is 0.195. The molecule has 0 fully saturated rings. The van der Waals surface area contributed by atoms with Crippen molar-refractivity contribution in [2.24, 2.45) is 0 Å². The molecule has 0 amide bonds. The average Bonchev–Trinajstić information content (AvgIpc) is 2.38. The maximum absolute atomic E-state index is 13.1. The van der Waals surface area contributed by atoms with Crippen LogP contribution >= 0.6 is 15.9 Å². The summed E-state index contributed by atoms with van der Waals surface area (Å²) in [5, 5.41) is 0. The molecule has 0 aliphatic heterocycles. The van der Waals surface area contributed by atoms with Crippen LogP contribution < -0.4 is 4.74 Å². The number of ether oxygens (including phenoxy) is 1. The van der Waals surface area contributed by atoms with Crippen molar-refractivity contribution in [3.8, 4) is 5.75 Å². The molecule has 0 atom stereocenters. The minimum Gasteiger partial charge on any atom is -0.496 e. The van der Waals surface area contributed by atoms with Crippen molar-refractivity contribution in [3.05, 3.63) is 63.9 Å². The Bertz CT molecular complexity index is 579. The molecule has 2 rings (SSSR count). The second-order valence-electron chi connectivity index (χ2n) is 3.68. The highest BCUT2D eigenvalue weighted by Crippen LogP contribution is 2.23. The molecule has 0 unspecified atom stereocenters. The Morgan fingerprint density at radius 3 is 2.44 bits per heavy atom. The van der Waals surface area contributed by atoms with Crippen LogP contribution in [0.25, 0.3) is 0 Å². The second-order valence-corrected chi connectivity index (χ2v) is 4.60. The lowest BCUT2D eigenvalue weighted by Crippen LogP contribution is -2.04. The molecule has 92 valence electrons. The first kappa shape index (κ1) is 12.8. The van der Waals surface area contributed by atoms with Gasteiger partial charge in [-0.05, 0) is 36.4 Å². The summed E-state index contributed by atoms with van der Waals surface area (Å²) in [7, 11) is 1.41. The smallest absolute Gasteiger partial charge is 0.196 e. The zero-order chi connectivity index (χ0) is 13.1. The highest BCUT2D eigenvalue weighted by Gasteiger charge is 2.14. The van der Waals surface area contributed by atoms with Crippen LogP contribution in [-0.2, 0) is 0 Å². The van der Waals surface area contributed by atoms with E-state index in [1.165, 1.54) is 25.3 Å². The molecular formula is C14H10BrFO2. The zero-order valence-corrected chi connectivity index (χ0v) is 11.2. The van der Waals surface area contributed by atoms with Gasteiger partial charge in [-0.25, -0.2) is 4.39 Å². The van der Waals surface area contributed by atoms with E-state index >= 15 is 0 Å². The highest BCUT2D eigenvalue weighted by molar-refractivity contribution is 9.10. The maximum atomic E-state index is 13.1. The Morgan fingerprint density at radius 1 is 1.17 bits per heavy atom. The van der Waals surface area contributed by atoms with Crippen LogP contribution in [0, 0.1) is 5.82 Å². The number of carbonyl (C=O) groups excluding carboxylic acids is 1. The molecule has 0 N–H and O–H groups in total. The quantitative estimate of drug-likeness (QED) is 0.806. The summed E-state index contributed by atoms with van der Waals surface area (Å²) in [6.07, 6.45) is 0. The molecule has 2 aromatic carbocycles. The van der Waals surface area contributed by atoms with E-state index in [0.29, 0.717) is 11.1 Å². The van der Waals surface area contributed by atoms with Crippen molar-refractivity contribution in [1.82, 2.24) is 0 Å². The average molecular weight is 309 g/mol. The van der Waals surface area contributed by atoms with Gasteiger partial charge >= 0.3 is 0 Å². The van der Waals surface area contributed by atoms with E-state index in [0.717, 1.165) is 4.47 Å². The first-order valence-electron chi connectivity index (χ1n) is 5.25. The van der Waals surface area contributed by atoms with Gasteiger partial charge in [-0.3, -0.25) is 4.79 Å². The number of carbonyl (C=O) groups is 1. The highest BCUT2D eigenvalue weighted by atomic mass is 79.9. The lowest BCUT2D eigenvalue weighted by atomic mass is 10.0. The van der Waals surface area contributed by atoms with Crippen LogP contribution in [0.1, 0.15) is 15.9 Å². The van der Waals surface area contributed by atoms with Gasteiger partial charge in [0.2, 0.25) is 0 Å². The minimum atomic E-state index is -0.431. The van der Waals surface area contributed by atoms with Gasteiger partial charge in [0.05, 0.1) is 12.7 Å². The fraction of sp³-hybridized carbons (Fsp3) is 0.0714. The molecule has 0 saturated heterocycles. The predicted octanol–water partition coefficient (Wildman–Crippen LogP) is 3.83. The van der Waals surface area contributed by atoms with Crippen LogP contribution in [0.5, 0.6) is 5.75 Å². The van der Waals surface area contributed by atoms with Gasteiger partial charge in [-0.2, -0.15) is 0 Å². The molecule has 0 aliphatic carbocycles. The molecule has 0 aliphatic rings. The van der Waals surface area contributed by atoms with Gasteiger partial charge in [0.15, 0.2) is 5.78 Å². The Balaban J connectivity index is 2.42. The lowest BCUT2D eigenvalue weighted by Gasteiger charge is -2.07. The van der Waals surface area contributed by atoms with E-state index in [2.05, 4.69) is 15.9 Å². The number of methoxy groups -OCH3 is 1. The largest absolute Gasteiger partial charge is 0.496 e. The van der Waals surface area contributed by atoms with E-state index < -0.39 is 5.82 Å². The van der Waals surface area contributed by atoms with E-state index in [4.69, 9.17) is 4.74 Å². The van der Waals surface area contributed by atoms with Crippen LogP contribution in [0.2, 0.25) is 0 Å². The van der Waals surface area contributed by atoms with E-state index in [9.17, 15) is 9.18 Å². The summed E-state index contributed by atoms with van der Waals surface area (Å²) >= 11 is 3.30. The molecule has 0 radical (unpaired) electrons. The molecular weight excluding hydrogens is 299 g/mol. The van der Waals surface area contributed by atoms with Crippen molar-refractivity contribution in [2.45, 2.75) is 0 Å². The summed E-state index contributed by atoms with van der Waals surface area (Å²) in [5.41, 5.74) is 0.879. The molecule has 2 aromatic rings. The maximum Gasteiger partial charge on any atom is 0.196 e. The third-order valence-corrected chi connectivity index (χ3v) is 3.04. The topological polar surface area (TPSA) is 26.3 Å². The normalized spacial score (nSPS) is 10.2. The third kappa shape index (κ3) is 2.59. The van der Waals surface area contributed by atoms with Crippen molar-refractivity contribution < 1.29 is 13.9 Å². The van der Waals surface area contributed by atoms with Crippen LogP contribution in [0.3, 0.4) is 0 Å². The van der Waals surface area contributed by atoms with Crippen LogP contribution in [0.4, 0.5) is 4.39 Å². The first-order chi connectivity index (χ1) is 8.61. The van der Waals surface area contributed by atoms with E-state index in [1.807, 2.05) is 0 Å². The van der Waals surface area contributed by atoms with Crippen molar-refractivity contribution >= 4 is 21.7 Å². The number of benzene rings is 2. The van der Waals surface area contributed by atoms with E-state index in [-0.39, 0.29) is 11.5 Å². The van der Waals surface area contributed by atoms with Crippen molar-refractivity contribution in [1.29, 1.82) is 0 Å². The standard InChI is InChI=1S/C14H10BrFO2/c1-18-13-8-11(16)6-7-12(13)14(17)9-2-4-10(15)5-3-9/h2-8H,1H3. The third-order valence-electron chi connectivity index (χ3n) is 2.51. The fourth-order valence-corrected chi connectivity index (χ4v) is 1.87. The summed E-state index contributed by atoms with van der Waals surface area (Å²) in [4.78, 5) is 12.2. The predicted molar refractivity (Wildman–Crippen MR) is 70.5 cm³/mol. The zero-order valence-electron chi connectivity index (χ0n) is 9.61. The van der Waals surface area contributed by atoms with Crippen molar-refractivity contribution in [2.75, 3.05) is 7.11 Å². The molecule has 18 heavy (non-hydrogen) atoms. The van der Waals surface area contributed by atoms with Crippen LogP contribution in [0.15, 0.2) is 46.9 Å². The second kappa shape index (κ2) is 5.31. The Labute approximate surface area is 113 Å². The first-order valence-corrected chi connectivity index (χ1v) is 6.05. The summed E-state index contributed by atoms with van der Waals surface area (Å²) in [5.74, 6) is -0.388. The van der Waals surface area contributed by atoms with Gasteiger partial charge in [-0.15, -0.1) is 0 Å². The van der Waals surface area contributed by atoms with Gasteiger partial charge < -0.3 is 4.74 Å². The molecule has 2 nitrogen and oxygen atoms in total.